The highest BCUT2D eigenvalue weighted by Crippen LogP contribution is 2.26. The van der Waals surface area contributed by atoms with E-state index in [2.05, 4.69) is 10.6 Å². The van der Waals surface area contributed by atoms with Gasteiger partial charge >= 0.3 is 0 Å². The maximum atomic E-state index is 12.7. The molecule has 0 bridgehead atoms. The van der Waals surface area contributed by atoms with Gasteiger partial charge in [0.2, 0.25) is 11.8 Å². The molecule has 1 heterocycles. The number of rotatable bonds is 6. The molecule has 3 aromatic carbocycles. The zero-order valence-corrected chi connectivity index (χ0v) is 18.8. The summed E-state index contributed by atoms with van der Waals surface area (Å²) >= 11 is 0. The van der Waals surface area contributed by atoms with Crippen molar-refractivity contribution >= 4 is 29.1 Å². The molecule has 1 fully saturated rings. The predicted molar refractivity (Wildman–Crippen MR) is 129 cm³/mol. The van der Waals surface area contributed by atoms with Gasteiger partial charge in [0.1, 0.15) is 0 Å². The van der Waals surface area contributed by atoms with Gasteiger partial charge in [0.15, 0.2) is 0 Å². The van der Waals surface area contributed by atoms with Gasteiger partial charge in [-0.15, -0.1) is 0 Å². The minimum absolute atomic E-state index is 0.124. The Morgan fingerprint density at radius 3 is 2.30 bits per heavy atom. The first-order chi connectivity index (χ1) is 15.9. The number of nitrogens with one attached hydrogen (secondary N) is 2. The second-order valence-electron chi connectivity index (χ2n) is 8.48. The van der Waals surface area contributed by atoms with Crippen LogP contribution in [0.2, 0.25) is 0 Å². The summed E-state index contributed by atoms with van der Waals surface area (Å²) in [6.45, 7) is 4.72. The molecule has 0 radical (unpaired) electrons. The van der Waals surface area contributed by atoms with E-state index >= 15 is 0 Å². The van der Waals surface area contributed by atoms with E-state index in [0.717, 1.165) is 16.7 Å². The Labute approximate surface area is 193 Å². The Morgan fingerprint density at radius 1 is 0.939 bits per heavy atom. The Balaban J connectivity index is 1.39. The van der Waals surface area contributed by atoms with Crippen molar-refractivity contribution in [3.8, 4) is 0 Å². The van der Waals surface area contributed by atoms with E-state index in [0.29, 0.717) is 30.0 Å². The lowest BCUT2D eigenvalue weighted by molar-refractivity contribution is -0.126. The Morgan fingerprint density at radius 2 is 1.61 bits per heavy atom. The summed E-state index contributed by atoms with van der Waals surface area (Å²) in [4.78, 5) is 39.6. The van der Waals surface area contributed by atoms with Crippen LogP contribution in [-0.2, 0) is 16.1 Å². The van der Waals surface area contributed by atoms with Gasteiger partial charge in [-0.05, 0) is 49.7 Å². The van der Waals surface area contributed by atoms with Gasteiger partial charge in [-0.25, -0.2) is 0 Å². The number of hydrogen-bond acceptors (Lipinski definition) is 3. The minimum atomic E-state index is -0.423. The largest absolute Gasteiger partial charge is 0.352 e. The van der Waals surface area contributed by atoms with Crippen LogP contribution in [0, 0.1) is 19.8 Å². The van der Waals surface area contributed by atoms with Crippen LogP contribution in [0.15, 0.2) is 72.8 Å². The number of carbonyl (C=O) groups is 3. The summed E-state index contributed by atoms with van der Waals surface area (Å²) in [6.07, 6.45) is 0.152. The van der Waals surface area contributed by atoms with Gasteiger partial charge in [-0.1, -0.05) is 53.6 Å². The summed E-state index contributed by atoms with van der Waals surface area (Å²) in [5.41, 5.74) is 5.07. The van der Waals surface area contributed by atoms with E-state index in [1.807, 2.05) is 62.4 Å². The molecule has 4 rings (SSSR count). The fourth-order valence-corrected chi connectivity index (χ4v) is 3.83. The summed E-state index contributed by atoms with van der Waals surface area (Å²) in [7, 11) is 0. The molecule has 0 saturated carbocycles. The first-order valence-corrected chi connectivity index (χ1v) is 11.0. The quantitative estimate of drug-likeness (QED) is 0.601. The molecule has 2 N–H and O–H groups in total. The average molecular weight is 442 g/mol. The van der Waals surface area contributed by atoms with Crippen molar-refractivity contribution in [3.05, 3.63) is 95.1 Å². The second-order valence-corrected chi connectivity index (χ2v) is 8.48. The molecule has 1 unspecified atom stereocenters. The molecule has 33 heavy (non-hydrogen) atoms. The standard InChI is InChI=1S/C27H27N3O3/c1-18-6-10-20(11-7-18)16-28-26(32)22-15-25(31)30(17-22)24-5-3-4-21(14-24)27(33)29-23-12-8-19(2)9-13-23/h3-14,22H,15-17H2,1-2H3,(H,28,32)(H,29,33). The van der Waals surface area contributed by atoms with Gasteiger partial charge in [0.25, 0.3) is 5.91 Å². The molecule has 3 aromatic rings. The number of hydrogen-bond donors (Lipinski definition) is 2. The molecule has 1 saturated heterocycles. The molecule has 1 atom stereocenters. The van der Waals surface area contributed by atoms with Crippen molar-refractivity contribution in [3.63, 3.8) is 0 Å². The van der Waals surface area contributed by atoms with Crippen LogP contribution in [-0.4, -0.2) is 24.3 Å². The van der Waals surface area contributed by atoms with Gasteiger partial charge in [0.05, 0.1) is 5.92 Å². The Kier molecular flexibility index (Phi) is 6.54. The number of amides is 3. The van der Waals surface area contributed by atoms with Crippen LogP contribution in [0.1, 0.15) is 33.5 Å². The van der Waals surface area contributed by atoms with Crippen LogP contribution in [0.25, 0.3) is 0 Å². The van der Waals surface area contributed by atoms with E-state index in [9.17, 15) is 14.4 Å². The molecule has 6 nitrogen and oxygen atoms in total. The zero-order chi connectivity index (χ0) is 23.4. The number of carbonyl (C=O) groups excluding carboxylic acids is 3. The molecule has 168 valence electrons. The topological polar surface area (TPSA) is 78.5 Å². The lowest BCUT2D eigenvalue weighted by Gasteiger charge is -2.18. The second kappa shape index (κ2) is 9.69. The molecule has 0 spiro atoms. The molecule has 0 aliphatic carbocycles. The maximum Gasteiger partial charge on any atom is 0.255 e. The fourth-order valence-electron chi connectivity index (χ4n) is 3.83. The molecule has 6 heteroatoms. The molecular formula is C27H27N3O3. The van der Waals surface area contributed by atoms with Crippen molar-refractivity contribution in [2.45, 2.75) is 26.8 Å². The summed E-state index contributed by atoms with van der Waals surface area (Å²) in [5, 5.41) is 5.80. The highest BCUT2D eigenvalue weighted by molar-refractivity contribution is 6.06. The van der Waals surface area contributed by atoms with E-state index in [4.69, 9.17) is 0 Å². The van der Waals surface area contributed by atoms with Gasteiger partial charge in [-0.3, -0.25) is 14.4 Å². The molecule has 0 aromatic heterocycles. The van der Waals surface area contributed by atoms with E-state index < -0.39 is 5.92 Å². The van der Waals surface area contributed by atoms with Crippen LogP contribution >= 0.6 is 0 Å². The van der Waals surface area contributed by atoms with Crippen molar-refractivity contribution in [2.24, 2.45) is 5.92 Å². The number of anilines is 2. The minimum Gasteiger partial charge on any atom is -0.352 e. The first-order valence-electron chi connectivity index (χ1n) is 11.0. The van der Waals surface area contributed by atoms with Crippen LogP contribution < -0.4 is 15.5 Å². The summed E-state index contributed by atoms with van der Waals surface area (Å²) in [6, 6.07) is 22.5. The lowest BCUT2D eigenvalue weighted by Crippen LogP contribution is -2.32. The van der Waals surface area contributed by atoms with Crippen molar-refractivity contribution in [1.29, 1.82) is 0 Å². The number of benzene rings is 3. The van der Waals surface area contributed by atoms with Crippen LogP contribution in [0.4, 0.5) is 11.4 Å². The third-order valence-electron chi connectivity index (χ3n) is 5.81. The van der Waals surface area contributed by atoms with Crippen LogP contribution in [0.3, 0.4) is 0 Å². The van der Waals surface area contributed by atoms with E-state index in [1.165, 1.54) is 0 Å². The van der Waals surface area contributed by atoms with E-state index in [1.54, 1.807) is 29.2 Å². The van der Waals surface area contributed by atoms with Gasteiger partial charge in [0, 0.05) is 36.4 Å². The van der Waals surface area contributed by atoms with Gasteiger partial charge in [-0.2, -0.15) is 0 Å². The number of aryl methyl sites for hydroxylation is 2. The SMILES string of the molecule is Cc1ccc(CNC(=O)C2CC(=O)N(c3cccc(C(=O)Nc4ccc(C)cc4)c3)C2)cc1. The third kappa shape index (κ3) is 5.47. The lowest BCUT2D eigenvalue weighted by atomic mass is 10.1. The Bertz CT molecular complexity index is 1170. The smallest absolute Gasteiger partial charge is 0.255 e. The van der Waals surface area contributed by atoms with Crippen molar-refractivity contribution in [1.82, 2.24) is 5.32 Å². The normalized spacial score (nSPS) is 15.4. The fraction of sp³-hybridized carbons (Fsp3) is 0.222. The summed E-state index contributed by atoms with van der Waals surface area (Å²) < 4.78 is 0. The third-order valence-corrected chi connectivity index (χ3v) is 5.81. The maximum absolute atomic E-state index is 12.7. The van der Waals surface area contributed by atoms with Crippen molar-refractivity contribution in [2.75, 3.05) is 16.8 Å². The highest BCUT2D eigenvalue weighted by atomic mass is 16.2. The number of nitrogens with zero attached hydrogens (tertiary/aromatic N) is 1. The predicted octanol–water partition coefficient (Wildman–Crippen LogP) is 4.23. The molecule has 1 aliphatic heterocycles. The summed E-state index contributed by atoms with van der Waals surface area (Å²) in [5.74, 6) is -0.936. The van der Waals surface area contributed by atoms with Crippen LogP contribution in [0.5, 0.6) is 0 Å². The molecule has 3 amide bonds. The molecular weight excluding hydrogens is 414 g/mol. The average Bonchev–Trinajstić information content (AvgIpc) is 3.22. The highest BCUT2D eigenvalue weighted by Gasteiger charge is 2.35. The monoisotopic (exact) mass is 441 g/mol. The van der Waals surface area contributed by atoms with Crippen molar-refractivity contribution < 1.29 is 14.4 Å². The van der Waals surface area contributed by atoms with E-state index in [-0.39, 0.29) is 24.1 Å². The first kappa shape index (κ1) is 22.3. The zero-order valence-electron chi connectivity index (χ0n) is 18.8. The molecule has 1 aliphatic rings. The Hall–Kier alpha value is -3.93. The van der Waals surface area contributed by atoms with Gasteiger partial charge < -0.3 is 15.5 Å².